The van der Waals surface area contributed by atoms with E-state index in [1.165, 1.54) is 0 Å². The van der Waals surface area contributed by atoms with Crippen molar-refractivity contribution in [3.8, 4) is 0 Å². The monoisotopic (exact) mass is 342 g/mol. The van der Waals surface area contributed by atoms with Crippen molar-refractivity contribution in [1.82, 2.24) is 0 Å². The molecule has 7 heavy (non-hydrogen) atoms. The standard InChI is InChI=1S/Gd.H3O4P.Y/c;1-5(2,3)4;/h;(H3,1,2,3,4);/q+3;;+3/p-3. The Bertz CT molecular complexity index is 57.8. The van der Waals surface area contributed by atoms with Gasteiger partial charge in [0, 0.05) is 0 Å². The predicted octanol–water partition coefficient (Wildman–Crippen LogP) is -2.83. The Hall–Kier alpha value is 2.54. The number of rotatable bonds is 0. The van der Waals surface area contributed by atoms with Gasteiger partial charge in [-0.1, -0.05) is 0 Å². The van der Waals surface area contributed by atoms with Crippen molar-refractivity contribution < 1.29 is 91.9 Å². The minimum Gasteiger partial charge on any atom is -0.822 e. The van der Waals surface area contributed by atoms with Crippen LogP contribution < -0.4 is 14.7 Å². The van der Waals surface area contributed by atoms with Crippen molar-refractivity contribution in [3.05, 3.63) is 0 Å². The maximum absolute atomic E-state index is 8.55. The molecule has 0 N–H and O–H groups in total. The molecule has 0 aromatic heterocycles. The van der Waals surface area contributed by atoms with Gasteiger partial charge in [-0.25, -0.2) is 0 Å². The molecule has 0 rings (SSSR count). The van der Waals surface area contributed by atoms with Crippen LogP contribution in [0.2, 0.25) is 0 Å². The van der Waals surface area contributed by atoms with Gasteiger partial charge in [0.2, 0.25) is 0 Å². The average molecular weight is 341 g/mol. The number of phosphoric acid groups is 1. The van der Waals surface area contributed by atoms with E-state index in [1.807, 2.05) is 0 Å². The Balaban J connectivity index is -0.0000000800. The van der Waals surface area contributed by atoms with Crippen LogP contribution in [0, 0.1) is 39.9 Å². The first kappa shape index (κ1) is 16.3. The summed E-state index contributed by atoms with van der Waals surface area (Å²) in [6.07, 6.45) is 0. The summed E-state index contributed by atoms with van der Waals surface area (Å²) in [4.78, 5) is 25.6. The minimum absolute atomic E-state index is 0. The van der Waals surface area contributed by atoms with Crippen LogP contribution in [0.25, 0.3) is 0 Å². The molecule has 0 bridgehead atoms. The van der Waals surface area contributed by atoms with Gasteiger partial charge in [0.25, 0.3) is 0 Å². The average Bonchev–Trinajstić information content (AvgIpc) is 0.722. The summed E-state index contributed by atoms with van der Waals surface area (Å²) in [5.41, 5.74) is 0. The largest absolute Gasteiger partial charge is 3.00 e. The molecule has 0 spiro atoms. The molecular weight excluding hydrogens is 341 g/mol. The first-order valence-electron chi connectivity index (χ1n) is 0.730. The van der Waals surface area contributed by atoms with Gasteiger partial charge < -0.3 is 19.2 Å². The van der Waals surface area contributed by atoms with Crippen LogP contribution in [-0.4, -0.2) is 0 Å². The summed E-state index contributed by atoms with van der Waals surface area (Å²) in [6, 6.07) is 0. The van der Waals surface area contributed by atoms with Gasteiger partial charge in [-0.05, 0) is 0 Å². The zero-order valence-corrected chi connectivity index (χ0v) is 9.01. The second-order valence-electron chi connectivity index (χ2n) is 0.447. The van der Waals surface area contributed by atoms with Gasteiger partial charge in [-0.2, -0.15) is 7.82 Å². The molecular formula is GdO4PY+3. The van der Waals surface area contributed by atoms with Gasteiger partial charge in [0.05, 0.1) is 0 Å². The van der Waals surface area contributed by atoms with E-state index in [4.69, 9.17) is 19.2 Å². The summed E-state index contributed by atoms with van der Waals surface area (Å²) in [5, 5.41) is 0. The zero-order valence-electron chi connectivity index (χ0n) is 3.01. The second-order valence-corrected chi connectivity index (χ2v) is 1.34. The molecule has 1 radical (unpaired) electrons. The third-order valence-electron chi connectivity index (χ3n) is 0. The third kappa shape index (κ3) is 56.6. The van der Waals surface area contributed by atoms with Gasteiger partial charge in [0.1, 0.15) is 0 Å². The maximum Gasteiger partial charge on any atom is 3.00 e. The van der Waals surface area contributed by atoms with E-state index in [9.17, 15) is 0 Å². The summed E-state index contributed by atoms with van der Waals surface area (Å²) < 4.78 is 8.55. The summed E-state index contributed by atoms with van der Waals surface area (Å²) >= 11 is 0. The molecule has 0 aromatic carbocycles. The Labute approximate surface area is 97.9 Å². The minimum atomic E-state index is -5.39. The smallest absolute Gasteiger partial charge is 0.822 e. The van der Waals surface area contributed by atoms with E-state index in [0.717, 1.165) is 0 Å². The molecule has 0 unspecified atom stereocenters. The molecule has 0 saturated carbocycles. The fraction of sp³-hybridized carbons (Fsp3) is 0. The molecule has 7 heteroatoms. The van der Waals surface area contributed by atoms with Crippen LogP contribution in [0.4, 0.5) is 0 Å². The molecule has 4 nitrogen and oxygen atoms in total. The topological polar surface area (TPSA) is 86.2 Å². The van der Waals surface area contributed by atoms with Gasteiger partial charge in [0.15, 0.2) is 0 Å². The van der Waals surface area contributed by atoms with Crippen molar-refractivity contribution in [2.24, 2.45) is 0 Å². The van der Waals surface area contributed by atoms with Crippen LogP contribution >= 0.6 is 7.82 Å². The van der Waals surface area contributed by atoms with Crippen molar-refractivity contribution in [1.29, 1.82) is 0 Å². The molecule has 0 atom stereocenters. The summed E-state index contributed by atoms with van der Waals surface area (Å²) in [5.74, 6) is 0. The summed E-state index contributed by atoms with van der Waals surface area (Å²) in [7, 11) is -5.39. The SMILES string of the molecule is O=P([O-])([O-])[O-].[Gd+3].[Y+3]. The van der Waals surface area contributed by atoms with Crippen LogP contribution in [0.5, 0.6) is 0 Å². The Morgan fingerprint density at radius 2 is 1.14 bits per heavy atom. The van der Waals surface area contributed by atoms with E-state index in [-0.39, 0.29) is 72.6 Å². The molecule has 0 aliphatic rings. The Morgan fingerprint density at radius 3 is 1.14 bits per heavy atom. The normalized spacial score (nSPS) is 8.43. The van der Waals surface area contributed by atoms with E-state index >= 15 is 0 Å². The number of hydrogen-bond acceptors (Lipinski definition) is 4. The second kappa shape index (κ2) is 6.66. The third-order valence-corrected chi connectivity index (χ3v) is 0. The zero-order chi connectivity index (χ0) is 4.50. The van der Waals surface area contributed by atoms with Crippen LogP contribution in [-0.2, 0) is 37.3 Å². The molecule has 0 aliphatic heterocycles. The number of hydrogen-bond donors (Lipinski definition) is 0. The fourth-order valence-corrected chi connectivity index (χ4v) is 0. The molecule has 0 fully saturated rings. The van der Waals surface area contributed by atoms with Crippen LogP contribution in [0.15, 0.2) is 0 Å². The molecule has 37 valence electrons. The first-order chi connectivity index (χ1) is 2.00. The van der Waals surface area contributed by atoms with Crippen LogP contribution in [0.1, 0.15) is 0 Å². The van der Waals surface area contributed by atoms with Crippen molar-refractivity contribution in [2.45, 2.75) is 0 Å². The van der Waals surface area contributed by atoms with E-state index < -0.39 is 7.82 Å². The van der Waals surface area contributed by atoms with Gasteiger partial charge >= 0.3 is 72.6 Å². The van der Waals surface area contributed by atoms with E-state index in [0.29, 0.717) is 0 Å². The fourth-order valence-electron chi connectivity index (χ4n) is 0. The molecule has 0 saturated heterocycles. The van der Waals surface area contributed by atoms with E-state index in [2.05, 4.69) is 0 Å². The first-order valence-corrected chi connectivity index (χ1v) is 2.19. The quantitative estimate of drug-likeness (QED) is 0.445. The Kier molecular flexibility index (Phi) is 15.5. The maximum atomic E-state index is 8.55. The van der Waals surface area contributed by atoms with Crippen molar-refractivity contribution in [2.75, 3.05) is 0 Å². The Morgan fingerprint density at radius 1 is 1.14 bits per heavy atom. The van der Waals surface area contributed by atoms with E-state index in [1.54, 1.807) is 0 Å². The van der Waals surface area contributed by atoms with Crippen LogP contribution in [0.3, 0.4) is 0 Å². The van der Waals surface area contributed by atoms with Gasteiger partial charge in [-0.15, -0.1) is 0 Å². The molecule has 0 aliphatic carbocycles. The van der Waals surface area contributed by atoms with Crippen molar-refractivity contribution in [3.63, 3.8) is 0 Å². The molecule has 0 aromatic rings. The van der Waals surface area contributed by atoms with Crippen molar-refractivity contribution >= 4 is 7.82 Å². The summed E-state index contributed by atoms with van der Waals surface area (Å²) in [6.45, 7) is 0. The molecule has 0 heterocycles. The molecule has 0 amide bonds. The predicted molar refractivity (Wildman–Crippen MR) is 7.61 cm³/mol. The van der Waals surface area contributed by atoms with Gasteiger partial charge in [-0.3, -0.25) is 0 Å².